The van der Waals surface area contributed by atoms with E-state index in [1.807, 2.05) is 62.3 Å². The van der Waals surface area contributed by atoms with Gasteiger partial charge in [-0.25, -0.2) is 4.39 Å². The van der Waals surface area contributed by atoms with Crippen molar-refractivity contribution in [1.29, 1.82) is 0 Å². The minimum Gasteiger partial charge on any atom is -0.487 e. The molecule has 2 aromatic carbocycles. The zero-order valence-electron chi connectivity index (χ0n) is 25.1. The number of aryl methyl sites for hydroxylation is 2. The maximum Gasteiger partial charge on any atom is 0.320 e. The molecule has 1 N–H and O–H groups in total. The molecule has 3 aromatic rings. The third-order valence-corrected chi connectivity index (χ3v) is 8.36. The maximum atomic E-state index is 16.0. The summed E-state index contributed by atoms with van der Waals surface area (Å²) in [5, 5.41) is 2.98. The molecule has 9 nitrogen and oxygen atoms in total. The first kappa shape index (κ1) is 29.6. The lowest BCUT2D eigenvalue weighted by Gasteiger charge is -2.45. The van der Waals surface area contributed by atoms with Crippen molar-refractivity contribution >= 4 is 28.5 Å². The van der Waals surface area contributed by atoms with Gasteiger partial charge in [-0.3, -0.25) is 19.3 Å². The van der Waals surface area contributed by atoms with E-state index in [0.717, 1.165) is 16.7 Å². The smallest absolute Gasteiger partial charge is 0.320 e. The zero-order valence-corrected chi connectivity index (χ0v) is 25.1. The SMILES string of the molecule is CCOC(=O)CN1[C@H](C)CN(c2c(F)cc3c(=O)c(C(=O)NCc4ccc(C)cc4C)cn4c3c2OC[C@@H]4C)C[C@@H]1C. The second-order valence-corrected chi connectivity index (χ2v) is 11.6. The van der Waals surface area contributed by atoms with E-state index < -0.39 is 17.2 Å². The quantitative estimate of drug-likeness (QED) is 0.422. The normalized spacial score (nSPS) is 20.4. The van der Waals surface area contributed by atoms with E-state index >= 15 is 4.39 Å². The van der Waals surface area contributed by atoms with Gasteiger partial charge in [-0.15, -0.1) is 0 Å². The summed E-state index contributed by atoms with van der Waals surface area (Å²) in [5.41, 5.74) is 3.35. The number of esters is 1. The van der Waals surface area contributed by atoms with Crippen LogP contribution in [0.3, 0.4) is 0 Å². The van der Waals surface area contributed by atoms with E-state index in [9.17, 15) is 14.4 Å². The second-order valence-electron chi connectivity index (χ2n) is 11.6. The lowest BCUT2D eigenvalue weighted by molar-refractivity contribution is -0.145. The topological polar surface area (TPSA) is 93.1 Å². The fraction of sp³-hybridized carbons (Fsp3) is 0.469. The average Bonchev–Trinajstić information content (AvgIpc) is 2.93. The summed E-state index contributed by atoms with van der Waals surface area (Å²) in [7, 11) is 0. The summed E-state index contributed by atoms with van der Waals surface area (Å²) in [6.45, 7) is 13.6. The molecule has 0 aliphatic carbocycles. The van der Waals surface area contributed by atoms with Gasteiger partial charge in [-0.05, 0) is 58.7 Å². The number of nitrogens with zero attached hydrogens (tertiary/aromatic N) is 3. The number of benzene rings is 2. The van der Waals surface area contributed by atoms with E-state index in [2.05, 4.69) is 10.2 Å². The number of halogens is 1. The molecule has 5 rings (SSSR count). The number of amides is 1. The van der Waals surface area contributed by atoms with E-state index in [1.165, 1.54) is 6.07 Å². The average molecular weight is 579 g/mol. The first-order valence-corrected chi connectivity index (χ1v) is 14.5. The minimum atomic E-state index is -0.582. The third kappa shape index (κ3) is 5.47. The van der Waals surface area contributed by atoms with Crippen molar-refractivity contribution in [2.75, 3.05) is 37.7 Å². The molecule has 1 aromatic heterocycles. The molecule has 0 saturated carbocycles. The van der Waals surface area contributed by atoms with Crippen LogP contribution in [0.1, 0.15) is 60.8 Å². The molecular formula is C32H39FN4O5. The first-order chi connectivity index (χ1) is 20.0. The molecule has 0 radical (unpaired) electrons. The number of aromatic nitrogens is 1. The Labute approximate surface area is 245 Å². The highest BCUT2D eigenvalue weighted by molar-refractivity contribution is 6.00. The number of pyridine rings is 1. The van der Waals surface area contributed by atoms with Crippen molar-refractivity contribution in [3.05, 3.63) is 68.8 Å². The molecule has 3 heterocycles. The largest absolute Gasteiger partial charge is 0.487 e. The van der Waals surface area contributed by atoms with Gasteiger partial charge in [0.05, 0.1) is 30.1 Å². The molecule has 2 aliphatic rings. The number of carbonyl (C=O) groups excluding carboxylic acids is 2. The Balaban J connectivity index is 1.48. The molecule has 1 amide bonds. The van der Waals surface area contributed by atoms with Crippen LogP contribution in [0, 0.1) is 19.7 Å². The summed E-state index contributed by atoms with van der Waals surface area (Å²) in [6.07, 6.45) is 1.57. The van der Waals surface area contributed by atoms with Crippen molar-refractivity contribution < 1.29 is 23.5 Å². The van der Waals surface area contributed by atoms with Gasteiger partial charge in [-0.2, -0.15) is 0 Å². The van der Waals surface area contributed by atoms with Crippen molar-refractivity contribution in [3.63, 3.8) is 0 Å². The second kappa shape index (κ2) is 11.8. The van der Waals surface area contributed by atoms with Crippen molar-refractivity contribution in [2.45, 2.75) is 66.2 Å². The Hall–Kier alpha value is -3.92. The zero-order chi connectivity index (χ0) is 30.3. The highest BCUT2D eigenvalue weighted by Crippen LogP contribution is 2.42. The Morgan fingerprint density at radius 3 is 2.48 bits per heavy atom. The molecule has 0 spiro atoms. The molecule has 42 heavy (non-hydrogen) atoms. The fourth-order valence-electron chi connectivity index (χ4n) is 6.19. The Morgan fingerprint density at radius 2 is 1.81 bits per heavy atom. The molecule has 2 aliphatic heterocycles. The lowest BCUT2D eigenvalue weighted by Crippen LogP contribution is -2.58. The number of anilines is 1. The van der Waals surface area contributed by atoms with Crippen LogP contribution in [0.15, 0.2) is 35.3 Å². The van der Waals surface area contributed by atoms with Crippen LogP contribution >= 0.6 is 0 Å². The van der Waals surface area contributed by atoms with Gasteiger partial charge in [0, 0.05) is 37.9 Å². The molecule has 1 fully saturated rings. The van der Waals surface area contributed by atoms with E-state index in [1.54, 1.807) is 13.1 Å². The summed E-state index contributed by atoms with van der Waals surface area (Å²) >= 11 is 0. The van der Waals surface area contributed by atoms with Crippen LogP contribution in [0.5, 0.6) is 5.75 Å². The number of hydrogen-bond donors (Lipinski definition) is 1. The Kier molecular flexibility index (Phi) is 8.28. The van der Waals surface area contributed by atoms with Gasteiger partial charge < -0.3 is 24.3 Å². The molecule has 0 bridgehead atoms. The molecule has 10 heteroatoms. The van der Waals surface area contributed by atoms with Crippen LogP contribution in [-0.4, -0.2) is 66.3 Å². The predicted octanol–water partition coefficient (Wildman–Crippen LogP) is 4.10. The van der Waals surface area contributed by atoms with Crippen LogP contribution < -0.4 is 20.4 Å². The number of piperazine rings is 1. The van der Waals surface area contributed by atoms with Gasteiger partial charge in [0.1, 0.15) is 17.9 Å². The van der Waals surface area contributed by atoms with Crippen molar-refractivity contribution in [2.24, 2.45) is 0 Å². The third-order valence-electron chi connectivity index (χ3n) is 8.36. The summed E-state index contributed by atoms with van der Waals surface area (Å²) in [4.78, 5) is 43.0. The Morgan fingerprint density at radius 1 is 1.10 bits per heavy atom. The summed E-state index contributed by atoms with van der Waals surface area (Å²) in [6, 6.07) is 6.92. The van der Waals surface area contributed by atoms with Gasteiger partial charge in [0.2, 0.25) is 5.43 Å². The number of ether oxygens (including phenoxy) is 2. The summed E-state index contributed by atoms with van der Waals surface area (Å²) < 4.78 is 29.1. The number of rotatable bonds is 7. The van der Waals surface area contributed by atoms with Gasteiger partial charge >= 0.3 is 5.97 Å². The van der Waals surface area contributed by atoms with E-state index in [-0.39, 0.29) is 54.7 Å². The van der Waals surface area contributed by atoms with E-state index in [4.69, 9.17) is 9.47 Å². The maximum absolute atomic E-state index is 16.0. The van der Waals surface area contributed by atoms with Crippen molar-refractivity contribution in [3.8, 4) is 5.75 Å². The number of carbonyl (C=O) groups is 2. The molecule has 0 unspecified atom stereocenters. The van der Waals surface area contributed by atoms with Gasteiger partial charge in [0.25, 0.3) is 5.91 Å². The van der Waals surface area contributed by atoms with Crippen LogP contribution in [-0.2, 0) is 16.1 Å². The number of nitrogens with one attached hydrogen (secondary N) is 1. The molecule has 1 saturated heterocycles. The van der Waals surface area contributed by atoms with Crippen molar-refractivity contribution in [1.82, 2.24) is 14.8 Å². The van der Waals surface area contributed by atoms with Crippen LogP contribution in [0.2, 0.25) is 0 Å². The monoisotopic (exact) mass is 578 g/mol. The van der Waals surface area contributed by atoms with Gasteiger partial charge in [0.15, 0.2) is 11.6 Å². The molecule has 224 valence electrons. The Bertz CT molecular complexity index is 1590. The minimum absolute atomic E-state index is 0.0334. The fourth-order valence-corrected chi connectivity index (χ4v) is 6.19. The summed E-state index contributed by atoms with van der Waals surface area (Å²) in [5.74, 6) is -1.06. The highest BCUT2D eigenvalue weighted by Gasteiger charge is 2.36. The molecular weight excluding hydrogens is 539 g/mol. The number of hydrogen-bond acceptors (Lipinski definition) is 7. The standard InChI is InChI=1S/C32H39FN4O5/c1-7-41-27(38)16-36-20(4)13-35(14-21(36)5)29-26(33)11-24-28-31(29)42-17-22(6)37(28)15-25(30(24)39)32(40)34-12-23-9-8-18(2)10-19(23)3/h8-11,15,20-22H,7,12-14,16-17H2,1-6H3,(H,34,40)/t20-,21+,22-/m0/s1. The predicted molar refractivity (Wildman–Crippen MR) is 160 cm³/mol. The van der Waals surface area contributed by atoms with E-state index in [0.29, 0.717) is 36.6 Å². The van der Waals surface area contributed by atoms with Crippen LogP contribution in [0.25, 0.3) is 10.9 Å². The highest BCUT2D eigenvalue weighted by atomic mass is 19.1. The lowest BCUT2D eigenvalue weighted by atomic mass is 10.0. The van der Waals surface area contributed by atoms with Gasteiger partial charge in [-0.1, -0.05) is 23.8 Å². The van der Waals surface area contributed by atoms with Crippen LogP contribution in [0.4, 0.5) is 10.1 Å². The first-order valence-electron chi connectivity index (χ1n) is 14.5. The molecule has 3 atom stereocenters.